The molecule has 27 heavy (non-hydrogen) atoms. The predicted molar refractivity (Wildman–Crippen MR) is 96.7 cm³/mol. The summed E-state index contributed by atoms with van der Waals surface area (Å²) < 4.78 is 10.7. The number of carbonyl (C=O) groups is 1. The van der Waals surface area contributed by atoms with Crippen LogP contribution < -0.4 is 14.8 Å². The second-order valence-corrected chi connectivity index (χ2v) is 7.46. The second-order valence-electron chi connectivity index (χ2n) is 7.46. The molecule has 1 saturated heterocycles. The Morgan fingerprint density at radius 3 is 2.78 bits per heavy atom. The van der Waals surface area contributed by atoms with Gasteiger partial charge in [-0.05, 0) is 43.4 Å². The molecular weight excluding hydrogens is 346 g/mol. The van der Waals surface area contributed by atoms with Gasteiger partial charge in [-0.2, -0.15) is 5.10 Å². The van der Waals surface area contributed by atoms with E-state index in [1.807, 2.05) is 23.1 Å². The fourth-order valence-corrected chi connectivity index (χ4v) is 3.69. The fourth-order valence-electron chi connectivity index (χ4n) is 3.69. The summed E-state index contributed by atoms with van der Waals surface area (Å²) >= 11 is 0. The Kier molecular flexibility index (Phi) is 4.10. The highest BCUT2D eigenvalue weighted by Gasteiger charge is 2.30. The van der Waals surface area contributed by atoms with Crippen molar-refractivity contribution in [3.63, 3.8) is 0 Å². The minimum absolute atomic E-state index is 0.0256. The molecule has 0 atom stereocenters. The number of ether oxygens (including phenoxy) is 2. The van der Waals surface area contributed by atoms with Crippen LogP contribution in [0.1, 0.15) is 54.7 Å². The molecule has 2 amide bonds. The van der Waals surface area contributed by atoms with Gasteiger partial charge >= 0.3 is 6.03 Å². The average molecular weight is 369 g/mol. The second kappa shape index (κ2) is 6.75. The van der Waals surface area contributed by atoms with E-state index in [0.29, 0.717) is 18.4 Å². The number of nitrogens with zero attached hydrogens (tertiary/aromatic N) is 3. The number of rotatable bonds is 4. The van der Waals surface area contributed by atoms with E-state index in [-0.39, 0.29) is 12.8 Å². The van der Waals surface area contributed by atoms with Gasteiger partial charge in [0, 0.05) is 31.5 Å². The molecule has 2 fully saturated rings. The van der Waals surface area contributed by atoms with E-state index in [4.69, 9.17) is 9.47 Å². The topological polar surface area (TPSA) is 92.4 Å². The lowest BCUT2D eigenvalue weighted by atomic mass is 9.96. The number of benzene rings is 1. The molecule has 8 nitrogen and oxygen atoms in total. The van der Waals surface area contributed by atoms with Gasteiger partial charge in [0.05, 0.1) is 0 Å². The number of piperidine rings is 1. The summed E-state index contributed by atoms with van der Waals surface area (Å²) in [4.78, 5) is 19.0. The van der Waals surface area contributed by atoms with Gasteiger partial charge in [-0.3, -0.25) is 5.10 Å². The molecule has 1 aliphatic carbocycles. The number of nitrogens with one attached hydrogen (secondary N) is 2. The maximum Gasteiger partial charge on any atom is 0.317 e. The average Bonchev–Trinajstić information content (AvgIpc) is 3.25. The first-order valence-electron chi connectivity index (χ1n) is 9.60. The van der Waals surface area contributed by atoms with Gasteiger partial charge < -0.3 is 19.7 Å². The summed E-state index contributed by atoms with van der Waals surface area (Å²) in [5, 5.41) is 10.4. The van der Waals surface area contributed by atoms with Gasteiger partial charge in [-0.15, -0.1) is 0 Å². The van der Waals surface area contributed by atoms with E-state index >= 15 is 0 Å². The third-order valence-electron chi connectivity index (χ3n) is 5.51. The Labute approximate surface area is 157 Å². The number of aromatic nitrogens is 3. The summed E-state index contributed by atoms with van der Waals surface area (Å²) in [6.07, 6.45) is 4.24. The number of likely N-dealkylation sites (tertiary alicyclic amines) is 1. The van der Waals surface area contributed by atoms with Gasteiger partial charge in [-0.1, -0.05) is 6.07 Å². The molecule has 2 aliphatic heterocycles. The third kappa shape index (κ3) is 3.43. The quantitative estimate of drug-likeness (QED) is 0.864. The van der Waals surface area contributed by atoms with Gasteiger partial charge in [0.15, 0.2) is 17.3 Å². The van der Waals surface area contributed by atoms with Crippen molar-refractivity contribution >= 4 is 6.03 Å². The summed E-state index contributed by atoms with van der Waals surface area (Å²) in [5.74, 6) is 4.37. The summed E-state index contributed by atoms with van der Waals surface area (Å²) in [6.45, 7) is 2.20. The monoisotopic (exact) mass is 369 g/mol. The van der Waals surface area contributed by atoms with Crippen molar-refractivity contribution in [1.82, 2.24) is 25.4 Å². The van der Waals surface area contributed by atoms with Gasteiger partial charge in [-0.25, -0.2) is 9.78 Å². The first-order chi connectivity index (χ1) is 13.3. The lowest BCUT2D eigenvalue weighted by Crippen LogP contribution is -2.43. The summed E-state index contributed by atoms with van der Waals surface area (Å²) in [7, 11) is 0. The van der Waals surface area contributed by atoms with Crippen LogP contribution in [0.4, 0.5) is 4.79 Å². The SMILES string of the molecule is O=C(NCc1ccc2c(c1)OCO2)N1CCC(c2nc(C3CC3)n[nH]2)CC1. The lowest BCUT2D eigenvalue weighted by molar-refractivity contribution is 0.173. The normalized spacial score (nSPS) is 19.3. The zero-order valence-electron chi connectivity index (χ0n) is 15.1. The Bertz CT molecular complexity index is 840. The van der Waals surface area contributed by atoms with Crippen LogP contribution in [0.5, 0.6) is 11.5 Å². The zero-order chi connectivity index (χ0) is 18.2. The Morgan fingerprint density at radius 1 is 1.15 bits per heavy atom. The van der Waals surface area contributed by atoms with Crippen molar-refractivity contribution in [2.75, 3.05) is 19.9 Å². The Balaban J connectivity index is 1.12. The molecule has 3 aliphatic rings. The molecule has 5 rings (SSSR count). The van der Waals surface area contributed by atoms with E-state index in [1.54, 1.807) is 0 Å². The smallest absolute Gasteiger partial charge is 0.317 e. The van der Waals surface area contributed by atoms with Crippen LogP contribution in [-0.4, -0.2) is 46.0 Å². The number of hydrogen-bond donors (Lipinski definition) is 2. The standard InChI is InChI=1S/C19H23N5O3/c25-19(20-10-12-1-4-15-16(9-12)27-11-26-15)24-7-5-14(6-8-24)18-21-17(22-23-18)13-2-3-13/h1,4,9,13-14H,2-3,5-8,10-11H2,(H,20,25)(H,21,22,23). The van der Waals surface area contributed by atoms with Crippen LogP contribution in [0.2, 0.25) is 0 Å². The highest BCUT2D eigenvalue weighted by Crippen LogP contribution is 2.38. The number of H-pyrrole nitrogens is 1. The number of fused-ring (bicyclic) bond motifs is 1. The molecular formula is C19H23N5O3. The molecule has 1 saturated carbocycles. The Morgan fingerprint density at radius 2 is 1.96 bits per heavy atom. The Hall–Kier alpha value is -2.77. The fraction of sp³-hybridized carbons (Fsp3) is 0.526. The van der Waals surface area contributed by atoms with E-state index in [9.17, 15) is 4.79 Å². The zero-order valence-corrected chi connectivity index (χ0v) is 15.1. The molecule has 0 bridgehead atoms. The van der Waals surface area contributed by atoms with Crippen molar-refractivity contribution in [3.05, 3.63) is 35.4 Å². The highest BCUT2D eigenvalue weighted by atomic mass is 16.7. The van der Waals surface area contributed by atoms with Crippen molar-refractivity contribution in [2.45, 2.75) is 44.1 Å². The molecule has 142 valence electrons. The lowest BCUT2D eigenvalue weighted by Gasteiger charge is -2.31. The van der Waals surface area contributed by atoms with Crippen molar-refractivity contribution in [3.8, 4) is 11.5 Å². The van der Waals surface area contributed by atoms with Crippen LogP contribution in [-0.2, 0) is 6.54 Å². The van der Waals surface area contributed by atoms with Crippen LogP contribution >= 0.6 is 0 Å². The van der Waals surface area contributed by atoms with Crippen molar-refractivity contribution < 1.29 is 14.3 Å². The first-order valence-corrected chi connectivity index (χ1v) is 9.60. The van der Waals surface area contributed by atoms with Gasteiger partial charge in [0.1, 0.15) is 5.82 Å². The molecule has 0 unspecified atom stereocenters. The summed E-state index contributed by atoms with van der Waals surface area (Å²) in [6, 6.07) is 5.71. The minimum atomic E-state index is -0.0256. The number of amides is 2. The van der Waals surface area contributed by atoms with E-state index in [0.717, 1.165) is 54.6 Å². The largest absolute Gasteiger partial charge is 0.454 e. The maximum atomic E-state index is 12.5. The van der Waals surface area contributed by atoms with Crippen LogP contribution in [0.15, 0.2) is 18.2 Å². The number of carbonyl (C=O) groups excluding carboxylic acids is 1. The van der Waals surface area contributed by atoms with Crippen molar-refractivity contribution in [1.29, 1.82) is 0 Å². The van der Waals surface area contributed by atoms with Gasteiger partial charge in [0.25, 0.3) is 0 Å². The van der Waals surface area contributed by atoms with Crippen molar-refractivity contribution in [2.24, 2.45) is 0 Å². The number of aromatic amines is 1. The van der Waals surface area contributed by atoms with E-state index < -0.39 is 0 Å². The number of urea groups is 1. The molecule has 2 aromatic rings. The van der Waals surface area contributed by atoms with Crippen LogP contribution in [0.25, 0.3) is 0 Å². The molecule has 1 aromatic heterocycles. The molecule has 1 aromatic carbocycles. The minimum Gasteiger partial charge on any atom is -0.454 e. The van der Waals surface area contributed by atoms with E-state index in [2.05, 4.69) is 20.5 Å². The van der Waals surface area contributed by atoms with Gasteiger partial charge in [0.2, 0.25) is 6.79 Å². The molecule has 8 heteroatoms. The molecule has 2 N–H and O–H groups in total. The van der Waals surface area contributed by atoms with Crippen LogP contribution in [0.3, 0.4) is 0 Å². The molecule has 3 heterocycles. The first kappa shape index (κ1) is 16.4. The highest BCUT2D eigenvalue weighted by molar-refractivity contribution is 5.74. The van der Waals surface area contributed by atoms with E-state index in [1.165, 1.54) is 12.8 Å². The maximum absolute atomic E-state index is 12.5. The predicted octanol–water partition coefficient (Wildman–Crippen LogP) is 2.50. The number of hydrogen-bond acceptors (Lipinski definition) is 5. The summed E-state index contributed by atoms with van der Waals surface area (Å²) in [5.41, 5.74) is 0.997. The molecule has 0 spiro atoms. The van der Waals surface area contributed by atoms with Crippen LogP contribution in [0, 0.1) is 0 Å². The molecule has 0 radical (unpaired) electrons. The third-order valence-corrected chi connectivity index (χ3v) is 5.51.